The second-order valence-corrected chi connectivity index (χ2v) is 6.91. The number of hydrogen-bond acceptors (Lipinski definition) is 5. The average Bonchev–Trinajstić information content (AvgIpc) is 2.97. The molecule has 2 N–H and O–H groups in total. The van der Waals surface area contributed by atoms with Crippen molar-refractivity contribution in [1.29, 1.82) is 0 Å². The molecule has 1 fully saturated rings. The highest BCUT2D eigenvalue weighted by molar-refractivity contribution is 5.86. The summed E-state index contributed by atoms with van der Waals surface area (Å²) >= 11 is 0. The molecule has 0 bridgehead atoms. The van der Waals surface area contributed by atoms with Gasteiger partial charge in [0.15, 0.2) is 5.58 Å². The van der Waals surface area contributed by atoms with Gasteiger partial charge in [-0.15, -0.1) is 12.4 Å². The maximum atomic E-state index is 12.6. The molecule has 1 unspecified atom stereocenters. The Labute approximate surface area is 154 Å². The van der Waals surface area contributed by atoms with Crippen LogP contribution in [0.5, 0.6) is 0 Å². The lowest BCUT2D eigenvalue weighted by molar-refractivity contribution is -0.137. The number of oxazole rings is 1. The highest BCUT2D eigenvalue weighted by Crippen LogP contribution is 2.24. The Hall–Kier alpha value is -1.79. The Morgan fingerprint density at radius 2 is 2.00 bits per heavy atom. The number of halogens is 1. The van der Waals surface area contributed by atoms with E-state index in [-0.39, 0.29) is 18.3 Å². The molecule has 0 saturated carbocycles. The van der Waals surface area contributed by atoms with Crippen LogP contribution in [0.1, 0.15) is 32.3 Å². The molecular formula is C18H27ClN4O2. The second kappa shape index (κ2) is 7.62. The van der Waals surface area contributed by atoms with Crippen LogP contribution < -0.4 is 10.6 Å². The lowest BCUT2D eigenvalue weighted by Crippen LogP contribution is -2.58. The largest absolute Gasteiger partial charge is 0.423 e. The summed E-state index contributed by atoms with van der Waals surface area (Å²) < 4.78 is 5.85. The summed E-state index contributed by atoms with van der Waals surface area (Å²) in [6, 6.07) is 6.62. The van der Waals surface area contributed by atoms with Gasteiger partial charge < -0.3 is 20.0 Å². The number of hydrogen-bond donors (Lipinski definition) is 1. The zero-order valence-electron chi connectivity index (χ0n) is 15.1. The number of amides is 1. The van der Waals surface area contributed by atoms with Gasteiger partial charge in [0, 0.05) is 26.2 Å². The van der Waals surface area contributed by atoms with Crippen LogP contribution in [0, 0.1) is 6.92 Å². The molecule has 0 spiro atoms. The standard InChI is InChI=1S/C18H26N4O2.ClH/c1-4-7-18(3,19)16(23)21-8-10-22(11-9-21)17-20-14-12-13(2)5-6-15(14)24-17;/h5-6,12H,4,7-11,19H2,1-3H3;1H. The average molecular weight is 367 g/mol. The Morgan fingerprint density at radius 1 is 1.32 bits per heavy atom. The molecule has 3 rings (SSSR count). The summed E-state index contributed by atoms with van der Waals surface area (Å²) in [7, 11) is 0. The van der Waals surface area contributed by atoms with Crippen molar-refractivity contribution >= 4 is 35.4 Å². The molecule has 1 aliphatic rings. The number of nitrogens with two attached hydrogens (primary N) is 1. The first-order valence-electron chi connectivity index (χ1n) is 8.61. The molecule has 1 aromatic heterocycles. The van der Waals surface area contributed by atoms with Crippen LogP contribution >= 0.6 is 12.4 Å². The molecule has 1 saturated heterocycles. The number of carbonyl (C=O) groups is 1. The van der Waals surface area contributed by atoms with Gasteiger partial charge in [0.2, 0.25) is 5.91 Å². The van der Waals surface area contributed by atoms with Gasteiger partial charge in [-0.2, -0.15) is 4.98 Å². The van der Waals surface area contributed by atoms with Gasteiger partial charge in [-0.3, -0.25) is 4.79 Å². The Bertz CT molecular complexity index is 736. The van der Waals surface area contributed by atoms with E-state index < -0.39 is 5.54 Å². The van der Waals surface area contributed by atoms with Crippen molar-refractivity contribution in [3.8, 4) is 0 Å². The lowest BCUT2D eigenvalue weighted by Gasteiger charge is -2.37. The zero-order valence-corrected chi connectivity index (χ0v) is 15.9. The highest BCUT2D eigenvalue weighted by atomic mass is 35.5. The number of nitrogens with zero attached hydrogens (tertiary/aromatic N) is 3. The molecule has 1 aromatic carbocycles. The SMILES string of the molecule is CCCC(C)(N)C(=O)N1CCN(c2nc3cc(C)ccc3o2)CC1.Cl. The van der Waals surface area contributed by atoms with Crippen molar-refractivity contribution in [2.75, 3.05) is 31.1 Å². The molecule has 0 radical (unpaired) electrons. The van der Waals surface area contributed by atoms with E-state index in [1.54, 1.807) is 0 Å². The number of benzene rings is 1. The molecule has 138 valence electrons. The van der Waals surface area contributed by atoms with Crippen molar-refractivity contribution in [1.82, 2.24) is 9.88 Å². The normalized spacial score (nSPS) is 17.3. The third-order valence-electron chi connectivity index (χ3n) is 4.63. The summed E-state index contributed by atoms with van der Waals surface area (Å²) in [5.41, 5.74) is 8.24. The molecule has 7 heteroatoms. The fourth-order valence-corrected chi connectivity index (χ4v) is 3.25. The summed E-state index contributed by atoms with van der Waals surface area (Å²) in [6.45, 7) is 8.62. The van der Waals surface area contributed by atoms with Crippen LogP contribution in [0.3, 0.4) is 0 Å². The Morgan fingerprint density at radius 3 is 2.64 bits per heavy atom. The van der Waals surface area contributed by atoms with Gasteiger partial charge >= 0.3 is 0 Å². The first kappa shape index (κ1) is 19.5. The van der Waals surface area contributed by atoms with Crippen LogP contribution in [0.15, 0.2) is 22.6 Å². The van der Waals surface area contributed by atoms with Gasteiger partial charge in [0.1, 0.15) is 5.52 Å². The lowest BCUT2D eigenvalue weighted by atomic mass is 9.95. The third kappa shape index (κ3) is 4.07. The summed E-state index contributed by atoms with van der Waals surface area (Å²) in [5.74, 6) is 0.0391. The second-order valence-electron chi connectivity index (χ2n) is 6.91. The monoisotopic (exact) mass is 366 g/mol. The number of carbonyl (C=O) groups excluding carboxylic acids is 1. The molecule has 6 nitrogen and oxygen atoms in total. The number of aromatic nitrogens is 1. The van der Waals surface area contributed by atoms with E-state index in [0.717, 1.165) is 23.1 Å². The van der Waals surface area contributed by atoms with Crippen LogP contribution in [0.2, 0.25) is 0 Å². The van der Waals surface area contributed by atoms with Crippen molar-refractivity contribution < 1.29 is 9.21 Å². The fourth-order valence-electron chi connectivity index (χ4n) is 3.25. The van der Waals surface area contributed by atoms with Gasteiger partial charge in [0.25, 0.3) is 6.01 Å². The Balaban J connectivity index is 0.00000225. The summed E-state index contributed by atoms with van der Waals surface area (Å²) in [5, 5.41) is 0. The molecule has 1 amide bonds. The number of piperazine rings is 1. The minimum Gasteiger partial charge on any atom is -0.423 e. The van der Waals surface area contributed by atoms with Crippen molar-refractivity contribution in [2.24, 2.45) is 5.73 Å². The van der Waals surface area contributed by atoms with Crippen LogP contribution in [-0.2, 0) is 4.79 Å². The highest BCUT2D eigenvalue weighted by Gasteiger charge is 2.34. The van der Waals surface area contributed by atoms with Gasteiger partial charge in [0.05, 0.1) is 5.54 Å². The maximum Gasteiger partial charge on any atom is 0.298 e. The first-order chi connectivity index (χ1) is 11.4. The zero-order chi connectivity index (χ0) is 17.3. The molecule has 1 aliphatic heterocycles. The molecule has 0 aliphatic carbocycles. The van der Waals surface area contributed by atoms with E-state index in [9.17, 15) is 4.79 Å². The van der Waals surface area contributed by atoms with Crippen molar-refractivity contribution in [3.05, 3.63) is 23.8 Å². The van der Waals surface area contributed by atoms with Crippen LogP contribution in [0.4, 0.5) is 6.01 Å². The number of aryl methyl sites for hydroxylation is 1. The predicted octanol–water partition coefficient (Wildman–Crippen LogP) is 2.72. The van der Waals surface area contributed by atoms with E-state index in [1.165, 1.54) is 0 Å². The minimum absolute atomic E-state index is 0. The smallest absolute Gasteiger partial charge is 0.298 e. The maximum absolute atomic E-state index is 12.6. The van der Waals surface area contributed by atoms with Crippen molar-refractivity contribution in [3.63, 3.8) is 0 Å². The van der Waals surface area contributed by atoms with E-state index in [1.807, 2.05) is 43.9 Å². The predicted molar refractivity (Wildman–Crippen MR) is 102 cm³/mol. The van der Waals surface area contributed by atoms with E-state index in [2.05, 4.69) is 9.88 Å². The number of rotatable bonds is 4. The Kier molecular flexibility index (Phi) is 5.95. The number of fused-ring (bicyclic) bond motifs is 1. The summed E-state index contributed by atoms with van der Waals surface area (Å²) in [6.07, 6.45) is 1.61. The van der Waals surface area contributed by atoms with Crippen molar-refractivity contribution in [2.45, 2.75) is 39.2 Å². The van der Waals surface area contributed by atoms with E-state index >= 15 is 0 Å². The topological polar surface area (TPSA) is 75.6 Å². The third-order valence-corrected chi connectivity index (χ3v) is 4.63. The van der Waals surface area contributed by atoms with E-state index in [4.69, 9.17) is 10.2 Å². The molecular weight excluding hydrogens is 340 g/mol. The molecule has 25 heavy (non-hydrogen) atoms. The first-order valence-corrected chi connectivity index (χ1v) is 8.61. The molecule has 1 atom stereocenters. The van der Waals surface area contributed by atoms with Gasteiger partial charge in [-0.25, -0.2) is 0 Å². The van der Waals surface area contributed by atoms with Crippen LogP contribution in [-0.4, -0.2) is 47.5 Å². The number of anilines is 1. The molecule has 2 aromatic rings. The molecule has 2 heterocycles. The van der Waals surface area contributed by atoms with Crippen LogP contribution in [0.25, 0.3) is 11.1 Å². The van der Waals surface area contributed by atoms with E-state index in [0.29, 0.717) is 38.6 Å². The van der Waals surface area contributed by atoms with Gasteiger partial charge in [-0.05, 0) is 38.0 Å². The van der Waals surface area contributed by atoms with Gasteiger partial charge in [-0.1, -0.05) is 19.4 Å². The fraction of sp³-hybridized carbons (Fsp3) is 0.556. The minimum atomic E-state index is -0.772. The summed E-state index contributed by atoms with van der Waals surface area (Å²) in [4.78, 5) is 21.1. The quantitative estimate of drug-likeness (QED) is 0.900.